The summed E-state index contributed by atoms with van der Waals surface area (Å²) in [5.41, 5.74) is 1.85. The maximum Gasteiger partial charge on any atom is 0.225 e. The lowest BCUT2D eigenvalue weighted by molar-refractivity contribution is -0.127. The van der Waals surface area contributed by atoms with E-state index in [9.17, 15) is 18.8 Å². The molecule has 0 bridgehead atoms. The van der Waals surface area contributed by atoms with E-state index in [2.05, 4.69) is 16.3 Å². The molecular weight excluding hydrogens is 522 g/mol. The Balaban J connectivity index is 1.33. The van der Waals surface area contributed by atoms with Crippen LogP contribution in [0.2, 0.25) is 0 Å². The summed E-state index contributed by atoms with van der Waals surface area (Å²) in [6, 6.07) is 18.2. The summed E-state index contributed by atoms with van der Waals surface area (Å²) in [6.45, 7) is 0.945. The van der Waals surface area contributed by atoms with Crippen molar-refractivity contribution >= 4 is 11.6 Å². The highest BCUT2D eigenvalue weighted by atomic mass is 19.1. The lowest BCUT2D eigenvalue weighted by Gasteiger charge is -2.34. The molecule has 1 N–H and O–H groups in total. The molecule has 0 unspecified atom stereocenters. The Kier molecular flexibility index (Phi) is 6.99. The molecule has 2 aromatic carbocycles. The number of anilines is 1. The van der Waals surface area contributed by atoms with Crippen molar-refractivity contribution in [2.24, 2.45) is 5.92 Å². The van der Waals surface area contributed by atoms with Gasteiger partial charge in [0.15, 0.2) is 5.67 Å². The van der Waals surface area contributed by atoms with Crippen LogP contribution < -0.4 is 10.2 Å². The van der Waals surface area contributed by atoms with Crippen molar-refractivity contribution in [2.45, 2.75) is 68.5 Å². The number of nitrogens with zero attached hydrogens (tertiary/aromatic N) is 5. The standard InChI is InChI=1S/C32H32F2N6O/c33-23-7-11-25(12-8-23)40-19-28(22-5-9-24(10-6-22)39-17-15-31(34,20-35)16-18-39)29(38-40)26-3-1-2-4-27(26)30(41)37-32(21-36)13-14-32/h5-12,19,26-27H,1-4,13-18H2,(H,37,41)/t26-,27-/m1/s1. The molecule has 7 nitrogen and oxygen atoms in total. The summed E-state index contributed by atoms with van der Waals surface area (Å²) in [6.07, 6.45) is 7.12. The number of hydrogen-bond acceptors (Lipinski definition) is 5. The highest BCUT2D eigenvalue weighted by Crippen LogP contribution is 2.43. The van der Waals surface area contributed by atoms with Crippen molar-refractivity contribution in [1.82, 2.24) is 15.1 Å². The normalized spacial score (nSPS) is 22.8. The third-order valence-corrected chi connectivity index (χ3v) is 8.91. The first-order valence-corrected chi connectivity index (χ1v) is 14.4. The van der Waals surface area contributed by atoms with E-state index in [0.717, 1.165) is 48.2 Å². The number of benzene rings is 2. The van der Waals surface area contributed by atoms with Gasteiger partial charge in [-0.3, -0.25) is 4.79 Å². The summed E-state index contributed by atoms with van der Waals surface area (Å²) >= 11 is 0. The predicted octanol–water partition coefficient (Wildman–Crippen LogP) is 5.96. The predicted molar refractivity (Wildman–Crippen MR) is 150 cm³/mol. The highest BCUT2D eigenvalue weighted by Gasteiger charge is 2.47. The number of halogens is 2. The minimum atomic E-state index is -1.75. The van der Waals surface area contributed by atoms with Crippen LogP contribution in [-0.4, -0.2) is 40.0 Å². The van der Waals surface area contributed by atoms with Crippen LogP contribution in [0.3, 0.4) is 0 Å². The Morgan fingerprint density at radius 2 is 1.59 bits per heavy atom. The summed E-state index contributed by atoms with van der Waals surface area (Å²) in [5.74, 6) is -0.832. The number of alkyl halides is 1. The largest absolute Gasteiger partial charge is 0.371 e. The second-order valence-electron chi connectivity index (χ2n) is 11.6. The topological polar surface area (TPSA) is 97.7 Å². The number of nitrogens with one attached hydrogen (secondary N) is 1. The molecule has 41 heavy (non-hydrogen) atoms. The monoisotopic (exact) mass is 554 g/mol. The number of aromatic nitrogens is 2. The number of amides is 1. The van der Waals surface area contributed by atoms with Gasteiger partial charge in [-0.1, -0.05) is 25.0 Å². The molecule has 1 saturated heterocycles. The zero-order valence-corrected chi connectivity index (χ0v) is 22.8. The average molecular weight is 555 g/mol. The van der Waals surface area contributed by atoms with Crippen molar-refractivity contribution in [3.63, 3.8) is 0 Å². The summed E-state index contributed by atoms with van der Waals surface area (Å²) in [4.78, 5) is 15.5. The van der Waals surface area contributed by atoms with Gasteiger partial charge in [0.25, 0.3) is 0 Å². The fraction of sp³-hybridized carbons (Fsp3) is 0.438. The Morgan fingerprint density at radius 1 is 0.927 bits per heavy atom. The first-order valence-electron chi connectivity index (χ1n) is 14.4. The van der Waals surface area contributed by atoms with E-state index in [4.69, 9.17) is 10.4 Å². The molecule has 2 atom stereocenters. The van der Waals surface area contributed by atoms with E-state index < -0.39 is 11.2 Å². The third-order valence-electron chi connectivity index (χ3n) is 8.91. The third kappa shape index (κ3) is 5.41. The molecule has 0 spiro atoms. The van der Waals surface area contributed by atoms with Gasteiger partial charge in [0, 0.05) is 55.2 Å². The SMILES string of the molecule is N#CC1(F)CCN(c2ccc(-c3cn(-c4ccc(F)cc4)nc3[C@@H]3CCCC[C@H]3C(=O)NC3(C#N)CC3)cc2)CC1. The van der Waals surface area contributed by atoms with Gasteiger partial charge < -0.3 is 10.2 Å². The molecule has 210 valence electrons. The lowest BCUT2D eigenvalue weighted by atomic mass is 9.75. The summed E-state index contributed by atoms with van der Waals surface area (Å²) in [5, 5.41) is 26.7. The molecule has 3 fully saturated rings. The van der Waals surface area contributed by atoms with Crippen LogP contribution in [0.4, 0.5) is 14.5 Å². The number of piperidine rings is 1. The van der Waals surface area contributed by atoms with E-state index in [1.165, 1.54) is 12.1 Å². The Hall–Kier alpha value is -4.24. The van der Waals surface area contributed by atoms with Gasteiger partial charge in [-0.05, 0) is 67.6 Å². The van der Waals surface area contributed by atoms with E-state index in [0.29, 0.717) is 31.6 Å². The van der Waals surface area contributed by atoms with Crippen LogP contribution in [0, 0.1) is 34.4 Å². The number of carbonyl (C=O) groups excluding carboxylic acids is 1. The minimum absolute atomic E-state index is 0.0854. The van der Waals surface area contributed by atoms with Crippen LogP contribution in [0.5, 0.6) is 0 Å². The van der Waals surface area contributed by atoms with Crippen LogP contribution in [-0.2, 0) is 4.79 Å². The van der Waals surface area contributed by atoms with Gasteiger partial charge in [0.05, 0.1) is 17.5 Å². The fourth-order valence-corrected chi connectivity index (χ4v) is 6.18. The van der Waals surface area contributed by atoms with Gasteiger partial charge in [0.2, 0.25) is 5.91 Å². The Morgan fingerprint density at radius 3 is 2.22 bits per heavy atom. The maximum absolute atomic E-state index is 14.4. The van der Waals surface area contributed by atoms with E-state index in [1.807, 2.05) is 30.5 Å². The van der Waals surface area contributed by atoms with Crippen molar-refractivity contribution in [2.75, 3.05) is 18.0 Å². The van der Waals surface area contributed by atoms with Crippen molar-refractivity contribution in [3.8, 4) is 29.0 Å². The lowest BCUT2D eigenvalue weighted by Crippen LogP contribution is -2.42. The van der Waals surface area contributed by atoms with Gasteiger partial charge in [-0.2, -0.15) is 15.6 Å². The molecular formula is C32H32F2N6O. The summed E-state index contributed by atoms with van der Waals surface area (Å²) < 4.78 is 29.8. The number of rotatable bonds is 6. The molecule has 3 aliphatic rings. The zero-order chi connectivity index (χ0) is 28.6. The number of nitriles is 2. The molecule has 9 heteroatoms. The van der Waals surface area contributed by atoms with Crippen LogP contribution in [0.1, 0.15) is 63.0 Å². The van der Waals surface area contributed by atoms with Crippen LogP contribution in [0.25, 0.3) is 16.8 Å². The van der Waals surface area contributed by atoms with Crippen molar-refractivity contribution in [1.29, 1.82) is 10.5 Å². The molecule has 1 aromatic heterocycles. The van der Waals surface area contributed by atoms with Gasteiger partial charge in [-0.25, -0.2) is 13.5 Å². The highest BCUT2D eigenvalue weighted by molar-refractivity contribution is 5.82. The first-order chi connectivity index (χ1) is 19.8. The van der Waals surface area contributed by atoms with Gasteiger partial charge in [0.1, 0.15) is 17.4 Å². The van der Waals surface area contributed by atoms with Crippen LogP contribution in [0.15, 0.2) is 54.7 Å². The smallest absolute Gasteiger partial charge is 0.225 e. The van der Waals surface area contributed by atoms with Crippen LogP contribution >= 0.6 is 0 Å². The quantitative estimate of drug-likeness (QED) is 0.406. The fourth-order valence-electron chi connectivity index (χ4n) is 6.18. The van der Waals surface area contributed by atoms with Gasteiger partial charge >= 0.3 is 0 Å². The molecule has 3 aromatic rings. The molecule has 2 saturated carbocycles. The second-order valence-corrected chi connectivity index (χ2v) is 11.6. The van der Waals surface area contributed by atoms with E-state index >= 15 is 0 Å². The average Bonchev–Trinajstić information content (AvgIpc) is 3.64. The first kappa shape index (κ1) is 27.0. The minimum Gasteiger partial charge on any atom is -0.371 e. The van der Waals surface area contributed by atoms with Gasteiger partial charge in [-0.15, -0.1) is 0 Å². The molecule has 2 heterocycles. The van der Waals surface area contributed by atoms with E-state index in [1.54, 1.807) is 22.9 Å². The van der Waals surface area contributed by atoms with Crippen molar-refractivity contribution in [3.05, 3.63) is 66.2 Å². The number of carbonyl (C=O) groups is 1. The Labute approximate surface area is 238 Å². The van der Waals surface area contributed by atoms with E-state index in [-0.39, 0.29) is 36.4 Å². The molecule has 1 aliphatic heterocycles. The zero-order valence-electron chi connectivity index (χ0n) is 22.8. The molecule has 1 amide bonds. The second kappa shape index (κ2) is 10.6. The Bertz CT molecular complexity index is 1510. The molecule has 2 aliphatic carbocycles. The summed E-state index contributed by atoms with van der Waals surface area (Å²) in [7, 11) is 0. The van der Waals surface area contributed by atoms with Crippen molar-refractivity contribution < 1.29 is 13.6 Å². The number of hydrogen-bond donors (Lipinski definition) is 1. The maximum atomic E-state index is 14.4. The molecule has 0 radical (unpaired) electrons. The molecule has 6 rings (SSSR count).